The molecule has 0 unspecified atom stereocenters. The zero-order valence-electron chi connectivity index (χ0n) is 14.4. The lowest BCUT2D eigenvalue weighted by atomic mass is 9.89. The number of rotatable bonds is 7. The second kappa shape index (κ2) is 9.17. The highest BCUT2D eigenvalue weighted by Gasteiger charge is 2.42. The van der Waals surface area contributed by atoms with Gasteiger partial charge in [0.05, 0.1) is 25.4 Å². The van der Waals surface area contributed by atoms with Crippen LogP contribution in [0, 0.1) is 11.8 Å². The van der Waals surface area contributed by atoms with Crippen LogP contribution in [0.3, 0.4) is 0 Å². The lowest BCUT2D eigenvalue weighted by molar-refractivity contribution is -0.0696. The monoisotopic (exact) mass is 384 g/mol. The van der Waals surface area contributed by atoms with Gasteiger partial charge in [0.25, 0.3) is 0 Å². The molecule has 6 nitrogen and oxygen atoms in total. The molecule has 3 rings (SSSR count). The van der Waals surface area contributed by atoms with Crippen molar-refractivity contribution in [2.75, 3.05) is 19.8 Å². The smallest absolute Gasteiger partial charge is 0.158 e. The van der Waals surface area contributed by atoms with Gasteiger partial charge in [-0.1, -0.05) is 29.8 Å². The van der Waals surface area contributed by atoms with Crippen molar-refractivity contribution in [2.24, 2.45) is 11.8 Å². The maximum Gasteiger partial charge on any atom is 0.158 e. The van der Waals surface area contributed by atoms with Crippen molar-refractivity contribution in [3.05, 3.63) is 41.4 Å². The molecule has 2 fully saturated rings. The summed E-state index contributed by atoms with van der Waals surface area (Å²) in [4.78, 5) is 0. The van der Waals surface area contributed by atoms with Crippen molar-refractivity contribution in [1.82, 2.24) is 0 Å². The molecule has 1 aliphatic heterocycles. The third kappa shape index (κ3) is 5.19. The fraction of sp³-hybridized carbons (Fsp3) is 0.579. The molecular weight excluding hydrogens is 360 g/mol. The highest BCUT2D eigenvalue weighted by atomic mass is 35.5. The van der Waals surface area contributed by atoms with Crippen LogP contribution in [-0.2, 0) is 9.47 Å². The highest BCUT2D eigenvalue weighted by Crippen LogP contribution is 2.37. The molecule has 1 heterocycles. The van der Waals surface area contributed by atoms with Crippen LogP contribution < -0.4 is 4.74 Å². The van der Waals surface area contributed by atoms with Crippen LogP contribution >= 0.6 is 11.6 Å². The molecule has 0 aromatic heterocycles. The molecule has 1 saturated heterocycles. The fourth-order valence-electron chi connectivity index (χ4n) is 3.52. The normalized spacial score (nSPS) is 30.9. The number of hydrogen-bond donors (Lipinski definition) is 3. The summed E-state index contributed by atoms with van der Waals surface area (Å²) in [5.74, 6) is 0.138. The summed E-state index contributed by atoms with van der Waals surface area (Å²) >= 11 is 5.89. The van der Waals surface area contributed by atoms with Gasteiger partial charge in [0.2, 0.25) is 0 Å². The molecule has 3 N–H and O–H groups in total. The Morgan fingerprint density at radius 1 is 1.23 bits per heavy atom. The first-order chi connectivity index (χ1) is 12.5. The third-order valence-electron chi connectivity index (χ3n) is 4.84. The molecule has 0 bridgehead atoms. The molecule has 144 valence electrons. The second-order valence-electron chi connectivity index (χ2n) is 6.74. The van der Waals surface area contributed by atoms with Gasteiger partial charge in [-0.2, -0.15) is 0 Å². The minimum Gasteiger partial charge on any atom is -0.491 e. The standard InChI is InChI=1S/C19H25ClO6/c20-12-2-1-3-14(8-12)26-11-13(21)4-5-15-16(18(23)10-17(15)22)9-19-24-6-7-25-19/h1-5,8,13,15-19,21-23H,6-7,9-11H2/b5-4+/t13-,15-,16-,17-,18+/m1/s1. The van der Waals surface area contributed by atoms with E-state index in [1.54, 1.807) is 36.4 Å². The van der Waals surface area contributed by atoms with Gasteiger partial charge in [-0.25, -0.2) is 0 Å². The van der Waals surface area contributed by atoms with Gasteiger partial charge in [-0.05, 0) is 24.1 Å². The Labute approximate surface area is 158 Å². The van der Waals surface area contributed by atoms with E-state index in [0.717, 1.165) is 0 Å². The molecule has 0 spiro atoms. The number of aliphatic hydroxyl groups is 3. The van der Waals surface area contributed by atoms with Gasteiger partial charge >= 0.3 is 0 Å². The lowest BCUT2D eigenvalue weighted by Gasteiger charge is -2.23. The van der Waals surface area contributed by atoms with Crippen LogP contribution in [-0.4, -0.2) is 59.7 Å². The van der Waals surface area contributed by atoms with Gasteiger partial charge in [-0.3, -0.25) is 0 Å². The molecule has 26 heavy (non-hydrogen) atoms. The average Bonchev–Trinajstić information content (AvgIpc) is 3.20. The molecule has 0 radical (unpaired) electrons. The van der Waals surface area contributed by atoms with Crippen molar-refractivity contribution < 1.29 is 29.5 Å². The van der Waals surface area contributed by atoms with Crippen molar-refractivity contribution in [3.63, 3.8) is 0 Å². The fourth-order valence-corrected chi connectivity index (χ4v) is 3.70. The van der Waals surface area contributed by atoms with E-state index in [1.807, 2.05) is 0 Å². The third-order valence-corrected chi connectivity index (χ3v) is 5.08. The van der Waals surface area contributed by atoms with Crippen LogP contribution in [0.5, 0.6) is 5.75 Å². The van der Waals surface area contributed by atoms with E-state index in [2.05, 4.69) is 0 Å². The number of ether oxygens (including phenoxy) is 3. The summed E-state index contributed by atoms with van der Waals surface area (Å²) in [5.41, 5.74) is 0. The van der Waals surface area contributed by atoms with E-state index in [1.165, 1.54) is 0 Å². The maximum atomic E-state index is 10.2. The molecule has 1 aliphatic carbocycles. The van der Waals surface area contributed by atoms with Crippen molar-refractivity contribution in [2.45, 2.75) is 37.4 Å². The lowest BCUT2D eigenvalue weighted by Crippen LogP contribution is -2.26. The zero-order chi connectivity index (χ0) is 18.5. The predicted molar refractivity (Wildman–Crippen MR) is 96.0 cm³/mol. The van der Waals surface area contributed by atoms with Crippen molar-refractivity contribution in [1.29, 1.82) is 0 Å². The van der Waals surface area contributed by atoms with E-state index < -0.39 is 18.3 Å². The van der Waals surface area contributed by atoms with Gasteiger partial charge in [-0.15, -0.1) is 0 Å². The minimum atomic E-state index is -0.835. The Kier molecular flexibility index (Phi) is 6.92. The summed E-state index contributed by atoms with van der Waals surface area (Å²) < 4.78 is 16.4. The minimum absolute atomic E-state index is 0.0712. The van der Waals surface area contributed by atoms with E-state index in [4.69, 9.17) is 25.8 Å². The Morgan fingerprint density at radius 3 is 2.73 bits per heavy atom. The summed E-state index contributed by atoms with van der Waals surface area (Å²) in [6.07, 6.45) is 1.72. The van der Waals surface area contributed by atoms with E-state index in [-0.39, 0.29) is 24.7 Å². The molecule has 2 aliphatic rings. The van der Waals surface area contributed by atoms with Gasteiger partial charge in [0.15, 0.2) is 6.29 Å². The molecule has 7 heteroatoms. The van der Waals surface area contributed by atoms with Crippen LogP contribution in [0.1, 0.15) is 12.8 Å². The highest BCUT2D eigenvalue weighted by molar-refractivity contribution is 6.30. The van der Waals surface area contributed by atoms with Crippen LogP contribution in [0.4, 0.5) is 0 Å². The zero-order valence-corrected chi connectivity index (χ0v) is 15.2. The largest absolute Gasteiger partial charge is 0.491 e. The maximum absolute atomic E-state index is 10.2. The van der Waals surface area contributed by atoms with E-state index in [9.17, 15) is 15.3 Å². The topological polar surface area (TPSA) is 88.4 Å². The molecule has 1 aromatic rings. The Bertz CT molecular complexity index is 603. The molecular formula is C19H25ClO6. The van der Waals surface area contributed by atoms with Crippen LogP contribution in [0.25, 0.3) is 0 Å². The van der Waals surface area contributed by atoms with E-state index >= 15 is 0 Å². The predicted octanol–water partition coefficient (Wildman–Crippen LogP) is 1.76. The second-order valence-corrected chi connectivity index (χ2v) is 7.18. The Hall–Kier alpha value is -1.15. The Balaban J connectivity index is 1.54. The summed E-state index contributed by atoms with van der Waals surface area (Å²) in [6.45, 7) is 1.17. The summed E-state index contributed by atoms with van der Waals surface area (Å²) in [5, 5.41) is 31.2. The van der Waals surface area contributed by atoms with Crippen molar-refractivity contribution in [3.8, 4) is 5.75 Å². The summed E-state index contributed by atoms with van der Waals surface area (Å²) in [6, 6.07) is 6.95. The molecule has 0 amide bonds. The number of benzene rings is 1. The molecule has 1 saturated carbocycles. The van der Waals surface area contributed by atoms with E-state index in [0.29, 0.717) is 36.8 Å². The van der Waals surface area contributed by atoms with Gasteiger partial charge in [0.1, 0.15) is 18.5 Å². The number of aliphatic hydroxyl groups excluding tert-OH is 3. The SMILES string of the molecule is O[C@H](/C=C/[C@@H]1[C@@H](CC2OCCO2)[C@@H](O)C[C@H]1O)COc1cccc(Cl)c1. The van der Waals surface area contributed by atoms with Crippen LogP contribution in [0.15, 0.2) is 36.4 Å². The average molecular weight is 385 g/mol. The molecule has 1 aromatic carbocycles. The first-order valence-electron chi connectivity index (χ1n) is 8.87. The molecule has 5 atom stereocenters. The first-order valence-corrected chi connectivity index (χ1v) is 9.25. The first kappa shape index (κ1) is 19.6. The summed E-state index contributed by atoms with van der Waals surface area (Å²) in [7, 11) is 0. The quantitative estimate of drug-likeness (QED) is 0.621. The Morgan fingerprint density at radius 2 is 2.00 bits per heavy atom. The van der Waals surface area contributed by atoms with Crippen molar-refractivity contribution >= 4 is 11.6 Å². The van der Waals surface area contributed by atoms with Gasteiger partial charge in [0, 0.05) is 23.8 Å². The van der Waals surface area contributed by atoms with Crippen LogP contribution in [0.2, 0.25) is 5.02 Å². The number of hydrogen-bond acceptors (Lipinski definition) is 6. The number of halogens is 1. The van der Waals surface area contributed by atoms with Gasteiger partial charge < -0.3 is 29.5 Å².